The number of halogens is 4. The van der Waals surface area contributed by atoms with E-state index in [-0.39, 0.29) is 24.2 Å². The number of hydrogen-bond donors (Lipinski definition) is 5. The number of allylic oxidation sites excluding steroid dienone is 3. The summed E-state index contributed by atoms with van der Waals surface area (Å²) in [6.45, 7) is 4.48. The van der Waals surface area contributed by atoms with Gasteiger partial charge in [0.15, 0.2) is 5.96 Å². The Morgan fingerprint density at radius 3 is 2.68 bits per heavy atom. The van der Waals surface area contributed by atoms with Crippen LogP contribution in [0.4, 0.5) is 23.2 Å². The highest BCUT2D eigenvalue weighted by Crippen LogP contribution is 2.28. The fourth-order valence-electron chi connectivity index (χ4n) is 3.75. The van der Waals surface area contributed by atoms with Gasteiger partial charge in [-0.15, -0.1) is 0 Å². The lowest BCUT2D eigenvalue weighted by Gasteiger charge is -2.20. The lowest BCUT2D eigenvalue weighted by molar-refractivity contribution is -0.141. The summed E-state index contributed by atoms with van der Waals surface area (Å²) in [6, 6.07) is 1.75. The molecule has 0 saturated carbocycles. The van der Waals surface area contributed by atoms with Gasteiger partial charge in [0.25, 0.3) is 5.91 Å². The molecule has 3 rings (SSSR count). The number of benzene rings is 1. The number of anilines is 1. The summed E-state index contributed by atoms with van der Waals surface area (Å²) in [5.74, 6) is -1.92. The number of aromatic nitrogens is 2. The first-order valence-corrected chi connectivity index (χ1v) is 12.3. The first kappa shape index (κ1) is 30.8. The van der Waals surface area contributed by atoms with Gasteiger partial charge in [0.1, 0.15) is 6.17 Å². The number of ether oxygens (including phenoxy) is 1. The monoisotopic (exact) mass is 579 g/mol. The van der Waals surface area contributed by atoms with Crippen molar-refractivity contribution in [3.63, 3.8) is 0 Å². The molecule has 0 aliphatic carbocycles. The Labute approximate surface area is 232 Å². The number of hydrogen-bond acceptors (Lipinski definition) is 8. The molecule has 11 nitrogen and oxygen atoms in total. The van der Waals surface area contributed by atoms with Crippen molar-refractivity contribution in [1.82, 2.24) is 26.1 Å². The first-order chi connectivity index (χ1) is 19.4. The first-order valence-electron chi connectivity index (χ1n) is 12.3. The predicted octanol–water partition coefficient (Wildman–Crippen LogP) is 2.67. The van der Waals surface area contributed by atoms with Gasteiger partial charge in [-0.05, 0) is 30.7 Å². The summed E-state index contributed by atoms with van der Waals surface area (Å²) < 4.78 is 57.9. The van der Waals surface area contributed by atoms with E-state index in [0.29, 0.717) is 22.5 Å². The maximum atomic E-state index is 13.4. The Balaban J connectivity index is 1.71. The quantitative estimate of drug-likeness (QED) is 0.165. The summed E-state index contributed by atoms with van der Waals surface area (Å²) in [7, 11) is 1.09. The number of amides is 2. The lowest BCUT2D eigenvalue weighted by Crippen LogP contribution is -2.43. The van der Waals surface area contributed by atoms with Gasteiger partial charge in [0.05, 0.1) is 62.2 Å². The van der Waals surface area contributed by atoms with E-state index in [9.17, 15) is 31.9 Å². The fraction of sp³-hybridized carbons (Fsp3) is 0.346. The highest BCUT2D eigenvalue weighted by molar-refractivity contribution is 6.07. The number of nitrogens with zero attached hydrogens (tertiary/aromatic N) is 2. The zero-order chi connectivity index (χ0) is 30.2. The largest absolute Gasteiger partial charge is 0.469 e. The van der Waals surface area contributed by atoms with Crippen LogP contribution < -0.4 is 21.3 Å². The van der Waals surface area contributed by atoms with E-state index in [4.69, 9.17) is 0 Å². The number of nitrogens with one attached hydrogen (secondary N) is 5. The van der Waals surface area contributed by atoms with E-state index in [1.165, 1.54) is 31.3 Å². The van der Waals surface area contributed by atoms with Crippen molar-refractivity contribution < 1.29 is 36.7 Å². The third kappa shape index (κ3) is 8.65. The molecule has 0 radical (unpaired) electrons. The van der Waals surface area contributed by atoms with Crippen molar-refractivity contribution in [2.75, 3.05) is 32.1 Å². The molecule has 2 atom stereocenters. The van der Waals surface area contributed by atoms with E-state index in [0.717, 1.165) is 19.3 Å². The molecule has 2 amide bonds. The molecule has 1 aromatic carbocycles. The number of aliphatic imine (C=N–C) groups is 1. The van der Waals surface area contributed by atoms with Crippen LogP contribution in [0, 0.1) is 0 Å². The fourth-order valence-corrected chi connectivity index (χ4v) is 3.75. The van der Waals surface area contributed by atoms with E-state index in [1.54, 1.807) is 0 Å². The van der Waals surface area contributed by atoms with Crippen LogP contribution in [-0.4, -0.2) is 79.1 Å². The second-order valence-corrected chi connectivity index (χ2v) is 8.90. The van der Waals surface area contributed by atoms with Gasteiger partial charge in [0.2, 0.25) is 5.91 Å². The molecule has 2 aromatic rings. The highest BCUT2D eigenvalue weighted by atomic mass is 19.4. The standard InChI is InChI=1S/C26H29F4N7O4/c1-4-5-16(26(28,29)30)6-14(2)19(9-23(39)41-3)35-22(38)13-31-24(40)15-7-20(18-12-34-37-21(18)8-15)36-25-32-10-17(27)11-33-25/h4-8,12,17,19H,2,9-11,13H2,1,3H3,(H,31,40)(H,34,37)(H,35,38)(H2,32,33,36)/b5-4-,16-6+/t19-/m0/s1. The van der Waals surface area contributed by atoms with Crippen molar-refractivity contribution in [2.45, 2.75) is 31.7 Å². The molecule has 15 heteroatoms. The number of alkyl halides is 4. The average Bonchev–Trinajstić information content (AvgIpc) is 3.41. The molecule has 0 spiro atoms. The van der Waals surface area contributed by atoms with Gasteiger partial charge in [-0.3, -0.25) is 19.5 Å². The molecule has 0 bridgehead atoms. The van der Waals surface area contributed by atoms with Gasteiger partial charge >= 0.3 is 12.1 Å². The molecule has 2 heterocycles. The predicted molar refractivity (Wildman–Crippen MR) is 144 cm³/mol. The van der Waals surface area contributed by atoms with Gasteiger partial charge in [-0.1, -0.05) is 18.7 Å². The molecular formula is C26H29F4N7O4. The number of methoxy groups -OCH3 is 1. The van der Waals surface area contributed by atoms with Gasteiger partial charge < -0.3 is 26.0 Å². The van der Waals surface area contributed by atoms with E-state index in [2.05, 4.69) is 47.8 Å². The number of carbonyl (C=O) groups is 3. The SMILES string of the molecule is C=C(/C=C(\C=C/C)C(F)(F)F)[C@H](CC(=O)OC)NC(=O)CNC(=O)c1cc(NC2=NCC(F)CN2)c2cn[nH]c2c1. The second kappa shape index (κ2) is 13.6. The summed E-state index contributed by atoms with van der Waals surface area (Å²) in [5, 5.41) is 18.0. The van der Waals surface area contributed by atoms with Crippen molar-refractivity contribution in [1.29, 1.82) is 0 Å². The number of guanidine groups is 1. The van der Waals surface area contributed by atoms with Crippen molar-refractivity contribution in [2.24, 2.45) is 4.99 Å². The number of rotatable bonds is 10. The number of H-pyrrole nitrogens is 1. The summed E-state index contributed by atoms with van der Waals surface area (Å²) in [6.07, 6.45) is -2.02. The van der Waals surface area contributed by atoms with Crippen LogP contribution in [0.25, 0.3) is 10.9 Å². The normalized spacial score (nSPS) is 16.5. The van der Waals surface area contributed by atoms with E-state index in [1.807, 2.05) is 0 Å². The molecule has 5 N–H and O–H groups in total. The molecule has 0 fully saturated rings. The Bertz CT molecular complexity index is 1400. The Morgan fingerprint density at radius 1 is 1.29 bits per heavy atom. The van der Waals surface area contributed by atoms with Crippen LogP contribution in [-0.2, 0) is 14.3 Å². The van der Waals surface area contributed by atoms with Gasteiger partial charge in [0, 0.05) is 10.9 Å². The van der Waals surface area contributed by atoms with Crippen LogP contribution >= 0.6 is 0 Å². The maximum absolute atomic E-state index is 13.4. The van der Waals surface area contributed by atoms with E-state index < -0.39 is 54.7 Å². The molecule has 1 aliphatic rings. The molecule has 1 aromatic heterocycles. The molecule has 1 unspecified atom stereocenters. The third-order valence-electron chi connectivity index (χ3n) is 5.82. The Kier molecular flexibility index (Phi) is 10.2. The third-order valence-corrected chi connectivity index (χ3v) is 5.82. The molecule has 0 saturated heterocycles. The van der Waals surface area contributed by atoms with Gasteiger partial charge in [-0.25, -0.2) is 9.38 Å². The zero-order valence-corrected chi connectivity index (χ0v) is 22.2. The van der Waals surface area contributed by atoms with Crippen LogP contribution in [0.3, 0.4) is 0 Å². The topological polar surface area (TPSA) is 150 Å². The molecular weight excluding hydrogens is 550 g/mol. The number of fused-ring (bicyclic) bond motifs is 1. The summed E-state index contributed by atoms with van der Waals surface area (Å²) >= 11 is 0. The lowest BCUT2D eigenvalue weighted by atomic mass is 10.0. The van der Waals surface area contributed by atoms with Crippen molar-refractivity contribution >= 4 is 40.3 Å². The molecule has 1 aliphatic heterocycles. The summed E-state index contributed by atoms with van der Waals surface area (Å²) in [5.41, 5.74) is -0.153. The minimum Gasteiger partial charge on any atom is -0.469 e. The molecule has 220 valence electrons. The summed E-state index contributed by atoms with van der Waals surface area (Å²) in [4.78, 5) is 41.5. The Hall–Kier alpha value is -4.69. The molecule has 41 heavy (non-hydrogen) atoms. The highest BCUT2D eigenvalue weighted by Gasteiger charge is 2.32. The number of carbonyl (C=O) groups excluding carboxylic acids is 3. The van der Waals surface area contributed by atoms with Gasteiger partial charge in [-0.2, -0.15) is 18.3 Å². The van der Waals surface area contributed by atoms with Crippen LogP contribution in [0.1, 0.15) is 23.7 Å². The van der Waals surface area contributed by atoms with Crippen LogP contribution in [0.5, 0.6) is 0 Å². The number of esters is 1. The maximum Gasteiger partial charge on any atom is 0.416 e. The van der Waals surface area contributed by atoms with Crippen molar-refractivity contribution in [3.05, 3.63) is 59.8 Å². The average molecular weight is 580 g/mol. The van der Waals surface area contributed by atoms with Crippen LogP contribution in [0.15, 0.2) is 59.3 Å². The second-order valence-electron chi connectivity index (χ2n) is 8.90. The Morgan fingerprint density at radius 2 is 2.05 bits per heavy atom. The minimum absolute atomic E-state index is 0.0227. The smallest absolute Gasteiger partial charge is 0.416 e. The van der Waals surface area contributed by atoms with Crippen LogP contribution in [0.2, 0.25) is 0 Å². The van der Waals surface area contributed by atoms with E-state index >= 15 is 0 Å². The number of aromatic amines is 1. The minimum atomic E-state index is -4.69. The van der Waals surface area contributed by atoms with Crippen molar-refractivity contribution in [3.8, 4) is 0 Å². The zero-order valence-electron chi connectivity index (χ0n) is 22.2.